The van der Waals surface area contributed by atoms with Crippen molar-refractivity contribution in [2.24, 2.45) is 7.05 Å². The molecule has 3 aromatic heterocycles. The Morgan fingerprint density at radius 1 is 1.13 bits per heavy atom. The number of aryl methyl sites for hydroxylation is 1. The predicted molar refractivity (Wildman–Crippen MR) is 116 cm³/mol. The first kappa shape index (κ1) is 19.4. The molecule has 4 aromatic rings. The first-order valence-corrected chi connectivity index (χ1v) is 10.6. The summed E-state index contributed by atoms with van der Waals surface area (Å²) in [5.41, 5.74) is 5.88. The molecular weight excluding hydrogens is 390 g/mol. The number of para-hydroxylation sites is 1. The summed E-state index contributed by atoms with van der Waals surface area (Å²) in [6, 6.07) is 13.6. The van der Waals surface area contributed by atoms with Gasteiger partial charge in [-0.1, -0.05) is 18.2 Å². The molecule has 0 N–H and O–H groups in total. The molecule has 0 aliphatic heterocycles. The van der Waals surface area contributed by atoms with Gasteiger partial charge in [0.1, 0.15) is 5.76 Å². The standard InChI is InChI=1S/C24H25N5O2/c1-17-21(14-25-29(17)18-8-4-3-5-9-18)24(30)28(15-19-10-7-13-31-19)16-22-20-11-6-12-23(20)27(2)26-22/h3-5,7-10,13-14H,6,11-12,15-16H2,1-2H3. The number of furan rings is 1. The van der Waals surface area contributed by atoms with E-state index in [1.165, 1.54) is 11.3 Å². The van der Waals surface area contributed by atoms with Gasteiger partial charge in [-0.3, -0.25) is 9.48 Å². The summed E-state index contributed by atoms with van der Waals surface area (Å²) in [5, 5.41) is 9.21. The van der Waals surface area contributed by atoms with Gasteiger partial charge in [-0.2, -0.15) is 10.2 Å². The van der Waals surface area contributed by atoms with E-state index in [1.807, 2.05) is 61.1 Å². The van der Waals surface area contributed by atoms with Crippen LogP contribution in [0.1, 0.15) is 45.2 Å². The second kappa shape index (κ2) is 7.91. The zero-order valence-corrected chi connectivity index (χ0v) is 17.8. The van der Waals surface area contributed by atoms with Crippen LogP contribution in [0.4, 0.5) is 0 Å². The number of amides is 1. The van der Waals surface area contributed by atoms with Gasteiger partial charge < -0.3 is 9.32 Å². The van der Waals surface area contributed by atoms with Gasteiger partial charge in [0.25, 0.3) is 5.91 Å². The third kappa shape index (κ3) is 3.56. The Morgan fingerprint density at radius 2 is 1.97 bits per heavy atom. The number of carbonyl (C=O) groups excluding carboxylic acids is 1. The second-order valence-corrected chi connectivity index (χ2v) is 7.98. The van der Waals surface area contributed by atoms with Gasteiger partial charge in [0, 0.05) is 12.7 Å². The Bertz CT molecular complexity index is 1200. The fourth-order valence-electron chi connectivity index (χ4n) is 4.41. The Kier molecular flexibility index (Phi) is 4.94. The maximum atomic E-state index is 13.6. The lowest BCUT2D eigenvalue weighted by Gasteiger charge is -2.21. The predicted octanol–water partition coefficient (Wildman–Crippen LogP) is 3.84. The van der Waals surface area contributed by atoms with E-state index >= 15 is 0 Å². The lowest BCUT2D eigenvalue weighted by molar-refractivity contribution is 0.0714. The molecule has 1 aliphatic rings. The van der Waals surface area contributed by atoms with Gasteiger partial charge in [0.2, 0.25) is 0 Å². The maximum absolute atomic E-state index is 13.6. The van der Waals surface area contributed by atoms with Crippen molar-refractivity contribution in [3.63, 3.8) is 0 Å². The number of hydrogen-bond acceptors (Lipinski definition) is 4. The van der Waals surface area contributed by atoms with Gasteiger partial charge in [0.15, 0.2) is 0 Å². The molecular formula is C24H25N5O2. The number of hydrogen-bond donors (Lipinski definition) is 0. The molecule has 1 amide bonds. The highest BCUT2D eigenvalue weighted by Gasteiger charge is 2.27. The van der Waals surface area contributed by atoms with E-state index in [1.54, 1.807) is 22.0 Å². The minimum Gasteiger partial charge on any atom is -0.467 e. The monoisotopic (exact) mass is 415 g/mol. The van der Waals surface area contributed by atoms with Crippen LogP contribution in [0.15, 0.2) is 59.3 Å². The molecule has 0 radical (unpaired) electrons. The van der Waals surface area contributed by atoms with E-state index in [0.717, 1.165) is 42.1 Å². The van der Waals surface area contributed by atoms with Gasteiger partial charge in [-0.15, -0.1) is 0 Å². The highest BCUT2D eigenvalue weighted by atomic mass is 16.3. The molecule has 1 aromatic carbocycles. The molecule has 0 spiro atoms. The van der Waals surface area contributed by atoms with E-state index in [4.69, 9.17) is 9.52 Å². The molecule has 7 heteroatoms. The van der Waals surface area contributed by atoms with Crippen molar-refractivity contribution in [2.45, 2.75) is 39.3 Å². The molecule has 31 heavy (non-hydrogen) atoms. The average Bonchev–Trinajstić information content (AvgIpc) is 3.56. The smallest absolute Gasteiger partial charge is 0.258 e. The van der Waals surface area contributed by atoms with Crippen molar-refractivity contribution in [3.8, 4) is 5.69 Å². The largest absolute Gasteiger partial charge is 0.467 e. The first-order chi connectivity index (χ1) is 15.1. The van der Waals surface area contributed by atoms with Gasteiger partial charge >= 0.3 is 0 Å². The Hall–Kier alpha value is -3.61. The maximum Gasteiger partial charge on any atom is 0.258 e. The Morgan fingerprint density at radius 3 is 2.74 bits per heavy atom. The van der Waals surface area contributed by atoms with Crippen LogP contribution in [-0.2, 0) is 33.0 Å². The molecule has 158 valence electrons. The number of carbonyl (C=O) groups is 1. The molecule has 0 atom stereocenters. The van der Waals surface area contributed by atoms with Crippen molar-refractivity contribution in [1.29, 1.82) is 0 Å². The summed E-state index contributed by atoms with van der Waals surface area (Å²) in [4.78, 5) is 15.4. The molecule has 0 bridgehead atoms. The average molecular weight is 415 g/mol. The van der Waals surface area contributed by atoms with Crippen LogP contribution in [0, 0.1) is 6.92 Å². The lowest BCUT2D eigenvalue weighted by atomic mass is 10.1. The van der Waals surface area contributed by atoms with Crippen LogP contribution >= 0.6 is 0 Å². The molecule has 0 saturated carbocycles. The van der Waals surface area contributed by atoms with E-state index in [0.29, 0.717) is 18.7 Å². The summed E-state index contributed by atoms with van der Waals surface area (Å²) < 4.78 is 9.32. The van der Waals surface area contributed by atoms with E-state index < -0.39 is 0 Å². The summed E-state index contributed by atoms with van der Waals surface area (Å²) >= 11 is 0. The topological polar surface area (TPSA) is 69.1 Å². The normalized spacial score (nSPS) is 12.8. The molecule has 0 unspecified atom stereocenters. The fraction of sp³-hybridized carbons (Fsp3) is 0.292. The second-order valence-electron chi connectivity index (χ2n) is 7.98. The zero-order chi connectivity index (χ0) is 21.4. The summed E-state index contributed by atoms with van der Waals surface area (Å²) in [7, 11) is 1.99. The van der Waals surface area contributed by atoms with Crippen LogP contribution in [0.3, 0.4) is 0 Å². The number of fused-ring (bicyclic) bond motifs is 1. The van der Waals surface area contributed by atoms with Crippen LogP contribution < -0.4 is 0 Å². The highest BCUT2D eigenvalue weighted by molar-refractivity contribution is 5.95. The lowest BCUT2D eigenvalue weighted by Crippen LogP contribution is -2.31. The van der Waals surface area contributed by atoms with Gasteiger partial charge in [-0.05, 0) is 56.0 Å². The Balaban J connectivity index is 1.48. The number of benzene rings is 1. The third-order valence-electron chi connectivity index (χ3n) is 5.99. The number of nitrogens with zero attached hydrogens (tertiary/aromatic N) is 5. The van der Waals surface area contributed by atoms with Gasteiger partial charge in [-0.25, -0.2) is 4.68 Å². The van der Waals surface area contributed by atoms with Gasteiger partial charge in [0.05, 0.1) is 48.2 Å². The minimum absolute atomic E-state index is 0.0755. The van der Waals surface area contributed by atoms with Crippen LogP contribution in [0.25, 0.3) is 5.69 Å². The van der Waals surface area contributed by atoms with E-state index in [9.17, 15) is 4.79 Å². The van der Waals surface area contributed by atoms with Crippen LogP contribution in [-0.4, -0.2) is 30.4 Å². The molecule has 5 rings (SSSR count). The molecule has 7 nitrogen and oxygen atoms in total. The SMILES string of the molecule is Cc1c(C(=O)N(Cc2ccco2)Cc2nn(C)c3c2CCC3)cnn1-c1ccccc1. The molecule has 1 aliphatic carbocycles. The van der Waals surface area contributed by atoms with Crippen LogP contribution in [0.2, 0.25) is 0 Å². The van der Waals surface area contributed by atoms with Crippen LogP contribution in [0.5, 0.6) is 0 Å². The molecule has 0 saturated heterocycles. The quantitative estimate of drug-likeness (QED) is 0.480. The van der Waals surface area contributed by atoms with E-state index in [2.05, 4.69) is 5.10 Å². The Labute approximate surface area is 180 Å². The number of aromatic nitrogens is 4. The summed E-state index contributed by atoms with van der Waals surface area (Å²) in [5.74, 6) is 0.669. The fourth-order valence-corrected chi connectivity index (χ4v) is 4.41. The van der Waals surface area contributed by atoms with Crippen molar-refractivity contribution < 1.29 is 9.21 Å². The van der Waals surface area contributed by atoms with Crippen molar-refractivity contribution >= 4 is 5.91 Å². The first-order valence-electron chi connectivity index (χ1n) is 10.6. The van der Waals surface area contributed by atoms with Crippen molar-refractivity contribution in [2.75, 3.05) is 0 Å². The molecule has 3 heterocycles. The number of rotatable bonds is 6. The summed E-state index contributed by atoms with van der Waals surface area (Å²) in [6.07, 6.45) is 6.50. The molecule has 0 fully saturated rings. The van der Waals surface area contributed by atoms with E-state index in [-0.39, 0.29) is 5.91 Å². The minimum atomic E-state index is -0.0755. The summed E-state index contributed by atoms with van der Waals surface area (Å²) in [6.45, 7) is 2.75. The zero-order valence-electron chi connectivity index (χ0n) is 17.8. The van der Waals surface area contributed by atoms with Crippen molar-refractivity contribution in [3.05, 3.63) is 88.9 Å². The van der Waals surface area contributed by atoms with Crippen molar-refractivity contribution in [1.82, 2.24) is 24.5 Å². The third-order valence-corrected chi connectivity index (χ3v) is 5.99. The highest BCUT2D eigenvalue weighted by Crippen LogP contribution is 2.27.